The molecule has 146 heavy (non-hydrogen) atoms. The third-order valence-corrected chi connectivity index (χ3v) is 27.8. The number of aromatic nitrogens is 3. The normalized spacial score (nSPS) is 11.2. The van der Waals surface area contributed by atoms with Gasteiger partial charge in [-0.25, -0.2) is 19.2 Å². The first kappa shape index (κ1) is 99.7. The van der Waals surface area contributed by atoms with Crippen LogP contribution in [-0.2, 0) is 26.4 Å². The van der Waals surface area contributed by atoms with E-state index in [9.17, 15) is 29.3 Å². The van der Waals surface area contributed by atoms with E-state index in [1.807, 2.05) is 182 Å². The second kappa shape index (κ2) is 42.3. The number of methoxy groups -OCH3 is 1. The SMILES string of the molecule is COc1cc(B(O)O)ccc1OCc1ccccc1.Cc1cc2cc([N+](=O)[O-])c(=O)oc2cc1C.Cc1cc2oc(=O)c3c(c(Br)c4c5cc(C)c(OCc6ccccc6)cc5ccn43)c2cc1C.Cc1cc2oc(=O)c3c(cc4c5cc(C)c(OCc6ccccc6)cc5ccn43)c2cc1C.Cc1ccc(-c2c3c4cc(C)c(C)cc4oc(=O)c3n3ccc4cc(OCc5ccccc5)c(C)cc4c23)cc1C.[B]=NS. The number of ether oxygens (including phenoxy) is 5. The van der Waals surface area contributed by atoms with E-state index in [1.165, 1.54) is 29.9 Å². The Hall–Kier alpha value is -16.4. The van der Waals surface area contributed by atoms with Crippen molar-refractivity contribution in [3.63, 3.8) is 0 Å². The number of hydrogen-bond acceptors (Lipinski definition) is 19. The fourth-order valence-corrected chi connectivity index (χ4v) is 19.3. The van der Waals surface area contributed by atoms with Crippen molar-refractivity contribution in [1.82, 2.24) is 13.2 Å². The number of halogens is 1. The van der Waals surface area contributed by atoms with E-state index in [4.69, 9.17) is 51.4 Å². The number of thiol groups is 1. The van der Waals surface area contributed by atoms with E-state index < -0.39 is 23.4 Å². The average Bonchev–Trinajstić information content (AvgIpc) is 1.55. The molecular formula is C120H101B2BrN5O17S. The van der Waals surface area contributed by atoms with E-state index in [0.717, 1.165) is 192 Å². The quantitative estimate of drug-likeness (QED) is 0.0266. The van der Waals surface area contributed by atoms with Crippen LogP contribution in [0.15, 0.2) is 337 Å². The molecule has 10 heterocycles. The van der Waals surface area contributed by atoms with Gasteiger partial charge in [0.1, 0.15) is 82.6 Å². The first-order valence-electron chi connectivity index (χ1n) is 47.3. The summed E-state index contributed by atoms with van der Waals surface area (Å²) in [6.07, 6.45) is 5.87. The van der Waals surface area contributed by atoms with E-state index in [1.54, 1.807) is 30.3 Å². The van der Waals surface area contributed by atoms with E-state index >= 15 is 0 Å². The van der Waals surface area contributed by atoms with Gasteiger partial charge in [-0.1, -0.05) is 146 Å². The summed E-state index contributed by atoms with van der Waals surface area (Å²) in [6.45, 7) is 28.6. The summed E-state index contributed by atoms with van der Waals surface area (Å²) in [5.41, 5.74) is 25.7. The molecule has 0 spiro atoms. The fraction of sp³-hybridized carbons (Fsp3) is 0.150. The van der Waals surface area contributed by atoms with Crippen LogP contribution >= 0.6 is 28.7 Å². The fourth-order valence-electron chi connectivity index (χ4n) is 18.5. The molecule has 0 unspecified atom stereocenters. The number of benzene rings is 13. The van der Waals surface area contributed by atoms with Crippen LogP contribution in [0.25, 0.3) is 137 Å². The van der Waals surface area contributed by atoms with Crippen LogP contribution in [0, 0.1) is 100 Å². The third kappa shape index (κ3) is 20.2. The van der Waals surface area contributed by atoms with Gasteiger partial charge in [-0.3, -0.25) is 10.1 Å². The van der Waals surface area contributed by atoms with Gasteiger partial charge in [-0.2, -0.15) is 0 Å². The number of hydrogen-bond donors (Lipinski definition) is 3. The molecule has 0 saturated heterocycles. The van der Waals surface area contributed by atoms with E-state index in [-0.39, 0.29) is 16.9 Å². The number of aryl methyl sites for hydroxylation is 13. The van der Waals surface area contributed by atoms with Gasteiger partial charge in [0.2, 0.25) is 0 Å². The summed E-state index contributed by atoms with van der Waals surface area (Å²) < 4.78 is 61.2. The Labute approximate surface area is 853 Å². The van der Waals surface area contributed by atoms with Crippen molar-refractivity contribution >= 4 is 180 Å². The molecule has 10 aromatic heterocycles. The van der Waals surface area contributed by atoms with Crippen molar-refractivity contribution in [1.29, 1.82) is 0 Å². The molecule has 22 nitrogen and oxygen atoms in total. The number of nitro groups is 1. The average molecular weight is 2020 g/mol. The van der Waals surface area contributed by atoms with Crippen LogP contribution in [0.2, 0.25) is 0 Å². The maximum atomic E-state index is 13.6. The van der Waals surface area contributed by atoms with Crippen molar-refractivity contribution in [2.24, 2.45) is 4.30 Å². The number of nitrogens with zero attached hydrogens (tertiary/aromatic N) is 5. The van der Waals surface area contributed by atoms with Gasteiger partial charge in [0.15, 0.2) is 11.5 Å². The second-order valence-electron chi connectivity index (χ2n) is 36.7. The molecule has 26 heteroatoms. The summed E-state index contributed by atoms with van der Waals surface area (Å²) >= 11 is 7.04. The first-order valence-corrected chi connectivity index (χ1v) is 48.5. The topological polar surface area (TPSA) is 276 Å². The molecule has 23 rings (SSSR count). The molecule has 727 valence electrons. The van der Waals surface area contributed by atoms with Crippen LogP contribution in [0.1, 0.15) is 94.6 Å². The van der Waals surface area contributed by atoms with E-state index in [0.29, 0.717) is 87.7 Å². The zero-order valence-electron chi connectivity index (χ0n) is 82.8. The van der Waals surface area contributed by atoms with Crippen molar-refractivity contribution in [2.75, 3.05) is 7.11 Å². The zero-order chi connectivity index (χ0) is 103. The third-order valence-electron chi connectivity index (χ3n) is 27.0. The maximum absolute atomic E-state index is 13.6. The summed E-state index contributed by atoms with van der Waals surface area (Å²) in [7, 11) is 4.33. The summed E-state index contributed by atoms with van der Waals surface area (Å²) in [5.74, 6) is 3.61. The molecule has 0 aliphatic carbocycles. The monoisotopic (exact) mass is 2020 g/mol. The Morgan fingerprint density at radius 2 is 0.733 bits per heavy atom. The molecule has 0 aliphatic heterocycles. The van der Waals surface area contributed by atoms with Crippen LogP contribution < -0.4 is 51.6 Å². The Bertz CT molecular complexity index is 9390. The minimum atomic E-state index is -1.52. The van der Waals surface area contributed by atoms with E-state index in [2.05, 4.69) is 217 Å². The molecule has 0 aliphatic rings. The van der Waals surface area contributed by atoms with Gasteiger partial charge in [-0.15, -0.1) is 0 Å². The molecule has 0 bridgehead atoms. The van der Waals surface area contributed by atoms with Crippen molar-refractivity contribution in [2.45, 2.75) is 116 Å². The van der Waals surface area contributed by atoms with Crippen LogP contribution in [-0.4, -0.2) is 50.0 Å². The Morgan fingerprint density at radius 3 is 1.20 bits per heavy atom. The second-order valence-corrected chi connectivity index (χ2v) is 37.7. The Morgan fingerprint density at radius 1 is 0.356 bits per heavy atom. The van der Waals surface area contributed by atoms with Crippen LogP contribution in [0.5, 0.6) is 28.7 Å². The molecule has 13 aromatic carbocycles. The van der Waals surface area contributed by atoms with Gasteiger partial charge < -0.3 is 64.6 Å². The molecule has 0 amide bonds. The predicted molar refractivity (Wildman–Crippen MR) is 592 cm³/mol. The number of rotatable bonds is 16. The molecular weight excluding hydrogens is 1920 g/mol. The molecule has 0 atom stereocenters. The zero-order valence-corrected chi connectivity index (χ0v) is 85.3. The predicted octanol–water partition coefficient (Wildman–Crippen LogP) is 27.1. The van der Waals surface area contributed by atoms with Gasteiger partial charge in [0, 0.05) is 84.1 Å². The van der Waals surface area contributed by atoms with Crippen LogP contribution in [0.3, 0.4) is 0 Å². The summed E-state index contributed by atoms with van der Waals surface area (Å²) in [5, 5.41) is 41.3. The van der Waals surface area contributed by atoms with Gasteiger partial charge in [-0.05, 0) is 349 Å². The minimum absolute atomic E-state index is 0.320. The van der Waals surface area contributed by atoms with Crippen LogP contribution in [0.4, 0.5) is 5.69 Å². The molecule has 2 N–H and O–H groups in total. The van der Waals surface area contributed by atoms with Crippen molar-refractivity contribution in [3.8, 4) is 39.9 Å². The van der Waals surface area contributed by atoms with Crippen molar-refractivity contribution < 1.29 is 56.3 Å². The summed E-state index contributed by atoms with van der Waals surface area (Å²) in [4.78, 5) is 60.7. The molecule has 0 saturated carbocycles. The standard InChI is InChI=1S/C37H31NO3.C29H22BrNO3.C29H23NO3.C14H15BO4.C11H9NO4.BHNS/c1-21-11-12-28(15-22(21)2)33-34-30-16-23(3)24(4)18-32(30)41-37(39)36(34)38-14-13-27-19-31(25(5)17-29(27)35(33)38)40-20-26-9-7-6-8-10-26;1-16-11-22-24(13-17(16)2)34-29(32)28-25(22)26(30)27-21-12-18(3)23(14-20(21)9-10-31(27)28)33-15-19-7-5-4-6-8-19;1-17-11-23-24-15-25-22-12-19(3)26(32-16-20-7-5-4-6-8-20)14-21(22)9-10-30(25)28(24)29(31)33-27(23)13-18(17)2;1-18-14-9-12(15(16)17)7-8-13(14)19-10-11-5-3-2-4-6-11;1-6-3-8-5-9(12(14)15)11(13)16-10(8)4-7(6)2;1-2-3/h6-19H,20H2,1-5H3;4-14H,15H2,1-3H3;4-15H,16H2,1-3H3;2-9,16-17H,10H2,1H3;3-5H,1-2H3;3H. The molecule has 0 fully saturated rings. The van der Waals surface area contributed by atoms with Gasteiger partial charge in [0.05, 0.1) is 33.1 Å². The van der Waals surface area contributed by atoms with Crippen molar-refractivity contribution in [3.05, 3.63) is 442 Å². The number of fused-ring (bicyclic) bond motifs is 22. The van der Waals surface area contributed by atoms with Gasteiger partial charge in [0.25, 0.3) is 0 Å². The molecule has 23 aromatic rings. The Balaban J connectivity index is 0.000000123. The molecule has 1 radical (unpaired) electrons. The summed E-state index contributed by atoms with van der Waals surface area (Å²) in [6, 6.07) is 89.6. The first-order chi connectivity index (χ1) is 70.3. The van der Waals surface area contributed by atoms with Gasteiger partial charge >= 0.3 is 60.1 Å². The Kier molecular flexibility index (Phi) is 28.9. The number of pyridine rings is 3.